The molecule has 1 fully saturated rings. The SMILES string of the molecule is Nc1ccc2c(c1)C(=O)N(CCC1CCCCO1)C2=O. The molecule has 2 N–H and O–H groups in total. The largest absolute Gasteiger partial charge is 0.399 e. The van der Waals surface area contributed by atoms with Crippen LogP contribution in [0.25, 0.3) is 0 Å². The molecule has 2 heterocycles. The molecule has 0 aromatic heterocycles. The zero-order valence-corrected chi connectivity index (χ0v) is 11.3. The minimum atomic E-state index is -0.242. The minimum absolute atomic E-state index is 0.165. The molecule has 1 aromatic carbocycles. The van der Waals surface area contributed by atoms with Gasteiger partial charge in [0.05, 0.1) is 17.2 Å². The van der Waals surface area contributed by atoms with E-state index in [1.807, 2.05) is 0 Å². The van der Waals surface area contributed by atoms with Crippen LogP contribution in [0.5, 0.6) is 0 Å². The van der Waals surface area contributed by atoms with Crippen LogP contribution in [0, 0.1) is 0 Å². The van der Waals surface area contributed by atoms with Crippen molar-refractivity contribution in [3.05, 3.63) is 29.3 Å². The lowest BCUT2D eigenvalue weighted by molar-refractivity contribution is 0.00680. The monoisotopic (exact) mass is 274 g/mol. The zero-order valence-electron chi connectivity index (χ0n) is 11.3. The van der Waals surface area contributed by atoms with Crippen LogP contribution in [0.3, 0.4) is 0 Å². The summed E-state index contributed by atoms with van der Waals surface area (Å²) in [6.45, 7) is 1.19. The Kier molecular flexibility index (Phi) is 3.44. The van der Waals surface area contributed by atoms with Crippen molar-refractivity contribution in [2.75, 3.05) is 18.9 Å². The summed E-state index contributed by atoms with van der Waals surface area (Å²) in [5.74, 6) is -0.464. The quantitative estimate of drug-likeness (QED) is 0.674. The number of carbonyl (C=O) groups excluding carboxylic acids is 2. The van der Waals surface area contributed by atoms with Gasteiger partial charge in [-0.1, -0.05) is 0 Å². The second-order valence-electron chi connectivity index (χ2n) is 5.34. The number of benzene rings is 1. The summed E-state index contributed by atoms with van der Waals surface area (Å²) < 4.78 is 5.64. The molecule has 5 heteroatoms. The van der Waals surface area contributed by atoms with Gasteiger partial charge in [-0.05, 0) is 43.9 Å². The molecule has 5 nitrogen and oxygen atoms in total. The first kappa shape index (κ1) is 13.1. The van der Waals surface area contributed by atoms with Crippen molar-refractivity contribution in [1.29, 1.82) is 0 Å². The minimum Gasteiger partial charge on any atom is -0.399 e. The third-order valence-corrected chi connectivity index (χ3v) is 3.94. The number of imide groups is 1. The number of ether oxygens (including phenoxy) is 1. The van der Waals surface area contributed by atoms with E-state index in [1.165, 1.54) is 4.90 Å². The standard InChI is InChI=1S/C15H18N2O3/c16-10-4-5-12-13(9-10)15(19)17(14(12)18)7-6-11-3-1-2-8-20-11/h4-5,9,11H,1-3,6-8,16H2. The third-order valence-electron chi connectivity index (χ3n) is 3.94. The molecule has 2 amide bonds. The Morgan fingerprint density at radius 1 is 1.20 bits per heavy atom. The number of hydrogen-bond acceptors (Lipinski definition) is 4. The van der Waals surface area contributed by atoms with E-state index in [1.54, 1.807) is 18.2 Å². The second kappa shape index (κ2) is 5.25. The van der Waals surface area contributed by atoms with Gasteiger partial charge in [0.1, 0.15) is 0 Å². The van der Waals surface area contributed by atoms with Gasteiger partial charge in [-0.15, -0.1) is 0 Å². The first-order valence-corrected chi connectivity index (χ1v) is 7.04. The molecule has 0 saturated carbocycles. The topological polar surface area (TPSA) is 72.6 Å². The predicted octanol–water partition coefficient (Wildman–Crippen LogP) is 1.82. The molecule has 0 radical (unpaired) electrons. The summed E-state index contributed by atoms with van der Waals surface area (Å²) >= 11 is 0. The number of carbonyl (C=O) groups is 2. The fourth-order valence-corrected chi connectivity index (χ4v) is 2.82. The van der Waals surface area contributed by atoms with E-state index in [-0.39, 0.29) is 17.9 Å². The van der Waals surface area contributed by atoms with Crippen molar-refractivity contribution in [2.24, 2.45) is 0 Å². The van der Waals surface area contributed by atoms with Crippen molar-refractivity contribution < 1.29 is 14.3 Å². The lowest BCUT2D eigenvalue weighted by Gasteiger charge is -2.24. The van der Waals surface area contributed by atoms with Gasteiger partial charge >= 0.3 is 0 Å². The Morgan fingerprint density at radius 3 is 2.75 bits per heavy atom. The fraction of sp³-hybridized carbons (Fsp3) is 0.467. The number of rotatable bonds is 3. The number of nitrogens with two attached hydrogens (primary N) is 1. The van der Waals surface area contributed by atoms with Crippen molar-refractivity contribution >= 4 is 17.5 Å². The van der Waals surface area contributed by atoms with Gasteiger partial charge < -0.3 is 10.5 Å². The number of nitrogens with zero attached hydrogens (tertiary/aromatic N) is 1. The van der Waals surface area contributed by atoms with Crippen LogP contribution in [-0.2, 0) is 4.74 Å². The highest BCUT2D eigenvalue weighted by Crippen LogP contribution is 2.26. The van der Waals surface area contributed by atoms with Crippen molar-refractivity contribution in [2.45, 2.75) is 31.8 Å². The molecule has 0 bridgehead atoms. The first-order chi connectivity index (χ1) is 9.66. The van der Waals surface area contributed by atoms with Crippen molar-refractivity contribution in [1.82, 2.24) is 4.90 Å². The number of amides is 2. The molecule has 1 saturated heterocycles. The highest BCUT2D eigenvalue weighted by Gasteiger charge is 2.35. The number of anilines is 1. The Bertz CT molecular complexity index is 550. The molecule has 106 valence electrons. The van der Waals surface area contributed by atoms with Crippen LogP contribution in [0.2, 0.25) is 0 Å². The van der Waals surface area contributed by atoms with Crippen LogP contribution in [0.4, 0.5) is 5.69 Å². The number of fused-ring (bicyclic) bond motifs is 1. The lowest BCUT2D eigenvalue weighted by Crippen LogP contribution is -2.33. The van der Waals surface area contributed by atoms with E-state index >= 15 is 0 Å². The zero-order chi connectivity index (χ0) is 14.1. The number of nitrogen functional groups attached to an aromatic ring is 1. The highest BCUT2D eigenvalue weighted by molar-refractivity contribution is 6.21. The summed E-state index contributed by atoms with van der Waals surface area (Å²) in [6, 6.07) is 4.85. The summed E-state index contributed by atoms with van der Waals surface area (Å²) in [7, 11) is 0. The van der Waals surface area contributed by atoms with E-state index < -0.39 is 0 Å². The van der Waals surface area contributed by atoms with Crippen LogP contribution in [0.1, 0.15) is 46.4 Å². The summed E-state index contributed by atoms with van der Waals surface area (Å²) in [5, 5.41) is 0. The third kappa shape index (κ3) is 2.29. The van der Waals surface area contributed by atoms with E-state index in [2.05, 4.69) is 0 Å². The van der Waals surface area contributed by atoms with E-state index in [0.717, 1.165) is 25.9 Å². The summed E-state index contributed by atoms with van der Waals surface area (Å²) in [6.07, 6.45) is 4.14. The molecule has 20 heavy (non-hydrogen) atoms. The Balaban J connectivity index is 1.69. The van der Waals surface area contributed by atoms with E-state index in [0.29, 0.717) is 29.8 Å². The van der Waals surface area contributed by atoms with E-state index in [4.69, 9.17) is 10.5 Å². The second-order valence-corrected chi connectivity index (χ2v) is 5.34. The Hall–Kier alpha value is -1.88. The highest BCUT2D eigenvalue weighted by atomic mass is 16.5. The van der Waals surface area contributed by atoms with Crippen LogP contribution in [0.15, 0.2) is 18.2 Å². The average molecular weight is 274 g/mol. The molecule has 2 aliphatic rings. The van der Waals surface area contributed by atoms with Gasteiger partial charge in [0.25, 0.3) is 11.8 Å². The Morgan fingerprint density at radius 2 is 2.00 bits per heavy atom. The van der Waals surface area contributed by atoms with Gasteiger partial charge in [-0.3, -0.25) is 14.5 Å². The average Bonchev–Trinajstić information content (AvgIpc) is 2.70. The maximum atomic E-state index is 12.2. The summed E-state index contributed by atoms with van der Waals surface area (Å²) in [4.78, 5) is 25.8. The smallest absolute Gasteiger partial charge is 0.261 e. The van der Waals surface area contributed by atoms with Gasteiger partial charge in [0.2, 0.25) is 0 Å². The predicted molar refractivity (Wildman–Crippen MR) is 74.4 cm³/mol. The molecular weight excluding hydrogens is 256 g/mol. The molecule has 1 unspecified atom stereocenters. The maximum absolute atomic E-state index is 12.2. The lowest BCUT2D eigenvalue weighted by atomic mass is 10.1. The summed E-state index contributed by atoms with van der Waals surface area (Å²) in [5.41, 5.74) is 7.04. The molecule has 0 aliphatic carbocycles. The Labute approximate surface area is 117 Å². The first-order valence-electron chi connectivity index (χ1n) is 7.04. The molecular formula is C15H18N2O3. The fourth-order valence-electron chi connectivity index (χ4n) is 2.82. The van der Waals surface area contributed by atoms with Gasteiger partial charge in [-0.25, -0.2) is 0 Å². The molecule has 1 atom stereocenters. The van der Waals surface area contributed by atoms with Crippen LogP contribution < -0.4 is 5.73 Å². The van der Waals surface area contributed by atoms with Crippen LogP contribution in [-0.4, -0.2) is 36.0 Å². The molecule has 2 aliphatic heterocycles. The van der Waals surface area contributed by atoms with Gasteiger partial charge in [0, 0.05) is 18.8 Å². The van der Waals surface area contributed by atoms with Crippen molar-refractivity contribution in [3.8, 4) is 0 Å². The van der Waals surface area contributed by atoms with Crippen molar-refractivity contribution in [3.63, 3.8) is 0 Å². The molecule has 1 aromatic rings. The van der Waals surface area contributed by atoms with Crippen LogP contribution >= 0.6 is 0 Å². The number of hydrogen-bond donors (Lipinski definition) is 1. The van der Waals surface area contributed by atoms with E-state index in [9.17, 15) is 9.59 Å². The van der Waals surface area contributed by atoms with Gasteiger partial charge in [-0.2, -0.15) is 0 Å². The van der Waals surface area contributed by atoms with Gasteiger partial charge in [0.15, 0.2) is 0 Å². The maximum Gasteiger partial charge on any atom is 0.261 e. The molecule has 3 rings (SSSR count). The normalized spacial score (nSPS) is 22.2. The molecule has 0 spiro atoms.